The highest BCUT2D eigenvalue weighted by atomic mass is 19.1. The molecule has 1 unspecified atom stereocenters. The Morgan fingerprint density at radius 1 is 1.15 bits per heavy atom. The molecule has 4 nitrogen and oxygen atoms in total. The molecule has 0 saturated heterocycles. The summed E-state index contributed by atoms with van der Waals surface area (Å²) in [7, 11) is 0. The standard InChI is InChI=1S/C15H16FN3O/c16-12-7-4-8-13(9-12)18-15(20)19-14(10-17)11-5-2-1-3-6-11/h1-9,14H,10,17H2,(H2,18,19,20). The van der Waals surface area contributed by atoms with Crippen LogP contribution in [0.25, 0.3) is 0 Å². The fourth-order valence-electron chi connectivity index (χ4n) is 1.86. The average molecular weight is 273 g/mol. The number of benzene rings is 2. The molecule has 0 bridgehead atoms. The van der Waals surface area contributed by atoms with Gasteiger partial charge in [0.1, 0.15) is 5.82 Å². The first-order chi connectivity index (χ1) is 9.69. The zero-order valence-electron chi connectivity index (χ0n) is 10.8. The van der Waals surface area contributed by atoms with Crippen molar-refractivity contribution in [2.45, 2.75) is 6.04 Å². The summed E-state index contributed by atoms with van der Waals surface area (Å²) in [5.74, 6) is -0.402. The van der Waals surface area contributed by atoms with E-state index in [0.29, 0.717) is 5.69 Å². The highest BCUT2D eigenvalue weighted by Gasteiger charge is 2.12. The quantitative estimate of drug-likeness (QED) is 0.801. The Morgan fingerprint density at radius 3 is 2.55 bits per heavy atom. The van der Waals surface area contributed by atoms with Gasteiger partial charge < -0.3 is 16.4 Å². The molecule has 0 aliphatic carbocycles. The van der Waals surface area contributed by atoms with Gasteiger partial charge >= 0.3 is 6.03 Å². The minimum Gasteiger partial charge on any atom is -0.330 e. The van der Waals surface area contributed by atoms with Crippen molar-refractivity contribution in [2.24, 2.45) is 5.73 Å². The molecule has 4 N–H and O–H groups in total. The van der Waals surface area contributed by atoms with Crippen LogP contribution in [0.1, 0.15) is 11.6 Å². The van der Waals surface area contributed by atoms with Gasteiger partial charge in [-0.1, -0.05) is 36.4 Å². The fraction of sp³-hybridized carbons (Fsp3) is 0.133. The Kier molecular flexibility index (Phi) is 4.68. The fourth-order valence-corrected chi connectivity index (χ4v) is 1.86. The van der Waals surface area contributed by atoms with Crippen LogP contribution in [0.4, 0.5) is 14.9 Å². The second kappa shape index (κ2) is 6.68. The largest absolute Gasteiger partial charge is 0.330 e. The van der Waals surface area contributed by atoms with Crippen molar-refractivity contribution in [3.05, 3.63) is 66.0 Å². The number of nitrogens with one attached hydrogen (secondary N) is 2. The van der Waals surface area contributed by atoms with E-state index in [-0.39, 0.29) is 12.6 Å². The summed E-state index contributed by atoms with van der Waals surface area (Å²) in [6.45, 7) is 0.278. The molecule has 20 heavy (non-hydrogen) atoms. The van der Waals surface area contributed by atoms with Crippen molar-refractivity contribution in [3.63, 3.8) is 0 Å². The Morgan fingerprint density at radius 2 is 1.90 bits per heavy atom. The first-order valence-electron chi connectivity index (χ1n) is 6.27. The third-order valence-corrected chi connectivity index (χ3v) is 2.83. The number of carbonyl (C=O) groups excluding carboxylic acids is 1. The van der Waals surface area contributed by atoms with Crippen LogP contribution in [-0.2, 0) is 0 Å². The molecule has 104 valence electrons. The predicted octanol–water partition coefficient (Wildman–Crippen LogP) is 2.65. The van der Waals surface area contributed by atoms with E-state index in [1.165, 1.54) is 18.2 Å². The Labute approximate surface area is 116 Å². The maximum atomic E-state index is 13.0. The molecule has 2 aromatic rings. The number of rotatable bonds is 4. The highest BCUT2D eigenvalue weighted by molar-refractivity contribution is 5.89. The summed E-state index contributed by atoms with van der Waals surface area (Å²) in [5, 5.41) is 5.33. The molecule has 0 fully saturated rings. The normalized spacial score (nSPS) is 11.7. The van der Waals surface area contributed by atoms with E-state index in [1.54, 1.807) is 6.07 Å². The summed E-state index contributed by atoms with van der Waals surface area (Å²) in [6.07, 6.45) is 0. The van der Waals surface area contributed by atoms with Gasteiger partial charge in [0.2, 0.25) is 0 Å². The molecule has 1 atom stereocenters. The molecule has 2 amide bonds. The van der Waals surface area contributed by atoms with Gasteiger partial charge in [0, 0.05) is 12.2 Å². The Hall–Kier alpha value is -2.40. The van der Waals surface area contributed by atoms with Crippen LogP contribution in [-0.4, -0.2) is 12.6 Å². The smallest absolute Gasteiger partial charge is 0.319 e. The molecule has 2 aromatic carbocycles. The number of carbonyl (C=O) groups is 1. The molecule has 0 heterocycles. The van der Waals surface area contributed by atoms with E-state index in [4.69, 9.17) is 5.73 Å². The van der Waals surface area contributed by atoms with E-state index < -0.39 is 11.8 Å². The molecule has 0 aliphatic rings. The number of anilines is 1. The molecular formula is C15H16FN3O. The maximum Gasteiger partial charge on any atom is 0.319 e. The molecule has 0 radical (unpaired) electrons. The van der Waals surface area contributed by atoms with Crippen LogP contribution in [0.3, 0.4) is 0 Å². The lowest BCUT2D eigenvalue weighted by molar-refractivity contribution is 0.249. The third-order valence-electron chi connectivity index (χ3n) is 2.83. The first kappa shape index (κ1) is 14.0. The van der Waals surface area contributed by atoms with Gasteiger partial charge in [-0.25, -0.2) is 9.18 Å². The lowest BCUT2D eigenvalue weighted by atomic mass is 10.1. The van der Waals surface area contributed by atoms with Gasteiger partial charge in [0.15, 0.2) is 0 Å². The van der Waals surface area contributed by atoms with E-state index >= 15 is 0 Å². The van der Waals surface area contributed by atoms with Gasteiger partial charge in [-0.15, -0.1) is 0 Å². The van der Waals surface area contributed by atoms with Crippen molar-refractivity contribution in [1.82, 2.24) is 5.32 Å². The molecular weight excluding hydrogens is 257 g/mol. The minimum absolute atomic E-state index is 0.278. The van der Waals surface area contributed by atoms with Gasteiger partial charge in [0.05, 0.1) is 6.04 Å². The molecule has 0 saturated carbocycles. The summed E-state index contributed by atoms with van der Waals surface area (Å²) in [5.41, 5.74) is 6.98. The zero-order valence-corrected chi connectivity index (χ0v) is 10.8. The van der Waals surface area contributed by atoms with Crippen molar-refractivity contribution in [1.29, 1.82) is 0 Å². The SMILES string of the molecule is NCC(NC(=O)Nc1cccc(F)c1)c1ccccc1. The average Bonchev–Trinajstić information content (AvgIpc) is 2.45. The van der Waals surface area contributed by atoms with E-state index in [0.717, 1.165) is 5.56 Å². The second-order valence-corrected chi connectivity index (χ2v) is 4.31. The van der Waals surface area contributed by atoms with E-state index in [9.17, 15) is 9.18 Å². The summed E-state index contributed by atoms with van der Waals surface area (Å²) < 4.78 is 13.0. The van der Waals surface area contributed by atoms with Crippen molar-refractivity contribution in [2.75, 3.05) is 11.9 Å². The van der Waals surface area contributed by atoms with Crippen molar-refractivity contribution >= 4 is 11.7 Å². The highest BCUT2D eigenvalue weighted by Crippen LogP contribution is 2.12. The number of hydrogen-bond acceptors (Lipinski definition) is 2. The van der Waals surface area contributed by atoms with Crippen molar-refractivity contribution in [3.8, 4) is 0 Å². The predicted molar refractivity (Wildman–Crippen MR) is 76.8 cm³/mol. The summed E-state index contributed by atoms with van der Waals surface area (Å²) in [4.78, 5) is 11.9. The van der Waals surface area contributed by atoms with Crippen molar-refractivity contribution < 1.29 is 9.18 Å². The number of urea groups is 1. The number of nitrogens with two attached hydrogens (primary N) is 1. The number of halogens is 1. The Bertz CT molecular complexity index is 574. The van der Waals surface area contributed by atoms with Crippen LogP contribution in [0.2, 0.25) is 0 Å². The topological polar surface area (TPSA) is 67.1 Å². The first-order valence-corrected chi connectivity index (χ1v) is 6.27. The molecule has 0 aliphatic heterocycles. The van der Waals surface area contributed by atoms with Crippen LogP contribution in [0, 0.1) is 5.82 Å². The van der Waals surface area contributed by atoms with Crippen LogP contribution < -0.4 is 16.4 Å². The molecule has 0 spiro atoms. The van der Waals surface area contributed by atoms with E-state index in [1.807, 2.05) is 30.3 Å². The summed E-state index contributed by atoms with van der Waals surface area (Å²) >= 11 is 0. The zero-order chi connectivity index (χ0) is 14.4. The van der Waals surface area contributed by atoms with Gasteiger partial charge in [-0.2, -0.15) is 0 Å². The van der Waals surface area contributed by atoms with Gasteiger partial charge in [0.25, 0.3) is 0 Å². The number of amides is 2. The third kappa shape index (κ3) is 3.80. The molecule has 2 rings (SSSR count). The maximum absolute atomic E-state index is 13.0. The van der Waals surface area contributed by atoms with Crippen LogP contribution >= 0.6 is 0 Å². The van der Waals surface area contributed by atoms with Gasteiger partial charge in [-0.3, -0.25) is 0 Å². The van der Waals surface area contributed by atoms with E-state index in [2.05, 4.69) is 10.6 Å². The van der Waals surface area contributed by atoms with Crippen LogP contribution in [0.15, 0.2) is 54.6 Å². The monoisotopic (exact) mass is 273 g/mol. The minimum atomic E-state index is -0.421. The summed E-state index contributed by atoms with van der Waals surface area (Å²) in [6, 6.07) is 14.4. The van der Waals surface area contributed by atoms with Gasteiger partial charge in [-0.05, 0) is 23.8 Å². The second-order valence-electron chi connectivity index (χ2n) is 4.31. The lowest BCUT2D eigenvalue weighted by Gasteiger charge is -2.17. The molecule has 0 aromatic heterocycles. The lowest BCUT2D eigenvalue weighted by Crippen LogP contribution is -2.36. The van der Waals surface area contributed by atoms with Crippen LogP contribution in [0.5, 0.6) is 0 Å². The molecule has 5 heteroatoms. The number of hydrogen-bond donors (Lipinski definition) is 3. The Balaban J connectivity index is 2.00.